The summed E-state index contributed by atoms with van der Waals surface area (Å²) in [5.41, 5.74) is 0. The Bertz CT molecular complexity index is 537. The predicted octanol–water partition coefficient (Wildman–Crippen LogP) is 0.557. The van der Waals surface area contributed by atoms with E-state index in [1.54, 1.807) is 7.05 Å². The lowest BCUT2D eigenvalue weighted by atomic mass is 10.8. The van der Waals surface area contributed by atoms with Crippen molar-refractivity contribution in [1.29, 1.82) is 0 Å². The molecule has 0 saturated carbocycles. The lowest BCUT2D eigenvalue weighted by Gasteiger charge is -2.11. The van der Waals surface area contributed by atoms with Crippen molar-refractivity contribution in [3.63, 3.8) is 0 Å². The fourth-order valence-corrected chi connectivity index (χ4v) is 1.85. The number of H-pyrrole nitrogens is 1. The van der Waals surface area contributed by atoms with Gasteiger partial charge in [-0.25, -0.2) is 4.98 Å². The monoisotopic (exact) mass is 266 g/mol. The highest BCUT2D eigenvalue weighted by atomic mass is 32.2. The van der Waals surface area contributed by atoms with Gasteiger partial charge in [-0.05, 0) is 18.7 Å². The highest BCUT2D eigenvalue weighted by Crippen LogP contribution is 2.22. The quantitative estimate of drug-likeness (QED) is 0.828. The molecular formula is C9H14N8S. The first-order chi connectivity index (χ1) is 8.58. The van der Waals surface area contributed by atoms with Crippen LogP contribution in [0.3, 0.4) is 0 Å². The summed E-state index contributed by atoms with van der Waals surface area (Å²) >= 11 is 1.29. The van der Waals surface area contributed by atoms with Crippen molar-refractivity contribution in [2.45, 2.75) is 17.2 Å². The summed E-state index contributed by atoms with van der Waals surface area (Å²) in [4.78, 5) is 18.8. The molecule has 0 aliphatic rings. The zero-order valence-electron chi connectivity index (χ0n) is 10.6. The van der Waals surface area contributed by atoms with Gasteiger partial charge in [0.2, 0.25) is 22.2 Å². The lowest BCUT2D eigenvalue weighted by molar-refractivity contribution is 0.863. The first kappa shape index (κ1) is 12.6. The number of aromatic amines is 1. The Morgan fingerprint density at radius 1 is 1.11 bits per heavy atom. The van der Waals surface area contributed by atoms with E-state index in [1.807, 2.05) is 25.9 Å². The Morgan fingerprint density at radius 3 is 2.44 bits per heavy atom. The average Bonchev–Trinajstić information content (AvgIpc) is 2.74. The molecule has 0 fully saturated rings. The Kier molecular flexibility index (Phi) is 3.60. The van der Waals surface area contributed by atoms with Crippen molar-refractivity contribution in [2.24, 2.45) is 0 Å². The minimum Gasteiger partial charge on any atom is -0.357 e. The SMILES string of the molecule is CNc1nc(Sc2n[nH]c(C)n2)nc(N(C)C)n1. The van der Waals surface area contributed by atoms with Crippen molar-refractivity contribution in [1.82, 2.24) is 30.1 Å². The second-order valence-electron chi connectivity index (χ2n) is 3.69. The van der Waals surface area contributed by atoms with Crippen LogP contribution in [-0.4, -0.2) is 51.3 Å². The van der Waals surface area contributed by atoms with Gasteiger partial charge in [0.05, 0.1) is 0 Å². The van der Waals surface area contributed by atoms with Crippen LogP contribution < -0.4 is 10.2 Å². The van der Waals surface area contributed by atoms with E-state index in [4.69, 9.17) is 0 Å². The lowest BCUT2D eigenvalue weighted by Crippen LogP contribution is -2.15. The molecule has 0 aliphatic carbocycles. The molecule has 18 heavy (non-hydrogen) atoms. The molecular weight excluding hydrogens is 252 g/mol. The van der Waals surface area contributed by atoms with E-state index >= 15 is 0 Å². The fourth-order valence-electron chi connectivity index (χ4n) is 1.15. The normalized spacial score (nSPS) is 10.4. The van der Waals surface area contributed by atoms with Crippen LogP contribution in [0.15, 0.2) is 10.3 Å². The Hall–Kier alpha value is -1.90. The van der Waals surface area contributed by atoms with E-state index in [-0.39, 0.29) is 0 Å². The molecule has 8 nitrogen and oxygen atoms in total. The molecule has 9 heteroatoms. The van der Waals surface area contributed by atoms with Gasteiger partial charge in [-0.3, -0.25) is 5.10 Å². The van der Waals surface area contributed by atoms with E-state index < -0.39 is 0 Å². The molecule has 2 aromatic heterocycles. The minimum absolute atomic E-state index is 0.517. The van der Waals surface area contributed by atoms with Crippen LogP contribution in [0.2, 0.25) is 0 Å². The summed E-state index contributed by atoms with van der Waals surface area (Å²) in [6, 6.07) is 0. The zero-order valence-corrected chi connectivity index (χ0v) is 11.4. The Morgan fingerprint density at radius 2 is 1.89 bits per heavy atom. The molecule has 96 valence electrons. The Balaban J connectivity index is 2.29. The fraction of sp³-hybridized carbons (Fsp3) is 0.444. The van der Waals surface area contributed by atoms with Crippen molar-refractivity contribution in [3.8, 4) is 0 Å². The molecule has 0 amide bonds. The maximum absolute atomic E-state index is 4.32. The molecule has 0 spiro atoms. The van der Waals surface area contributed by atoms with E-state index in [0.717, 1.165) is 5.82 Å². The average molecular weight is 266 g/mol. The van der Waals surface area contributed by atoms with Gasteiger partial charge in [0, 0.05) is 21.1 Å². The highest BCUT2D eigenvalue weighted by Gasteiger charge is 2.11. The molecule has 0 aliphatic heterocycles. The van der Waals surface area contributed by atoms with Crippen LogP contribution in [-0.2, 0) is 0 Å². The van der Waals surface area contributed by atoms with Crippen LogP contribution in [0.1, 0.15) is 5.82 Å². The van der Waals surface area contributed by atoms with Gasteiger partial charge >= 0.3 is 0 Å². The summed E-state index contributed by atoms with van der Waals surface area (Å²) < 4.78 is 0. The number of nitrogens with zero attached hydrogens (tertiary/aromatic N) is 6. The van der Waals surface area contributed by atoms with Crippen LogP contribution >= 0.6 is 11.8 Å². The first-order valence-electron chi connectivity index (χ1n) is 5.26. The molecule has 0 unspecified atom stereocenters. The molecule has 0 aromatic carbocycles. The van der Waals surface area contributed by atoms with Crippen LogP contribution in [0.5, 0.6) is 0 Å². The number of hydrogen-bond acceptors (Lipinski definition) is 8. The summed E-state index contributed by atoms with van der Waals surface area (Å²) in [7, 11) is 5.51. The third kappa shape index (κ3) is 2.86. The molecule has 0 bridgehead atoms. The van der Waals surface area contributed by atoms with Gasteiger partial charge in [-0.15, -0.1) is 5.10 Å². The summed E-state index contributed by atoms with van der Waals surface area (Å²) in [6.07, 6.45) is 0. The number of anilines is 2. The Labute approximate surface area is 109 Å². The zero-order chi connectivity index (χ0) is 13.1. The number of nitrogens with one attached hydrogen (secondary N) is 2. The van der Waals surface area contributed by atoms with Crippen LogP contribution in [0.4, 0.5) is 11.9 Å². The van der Waals surface area contributed by atoms with Crippen molar-refractivity contribution >= 4 is 23.7 Å². The summed E-state index contributed by atoms with van der Waals surface area (Å²) in [6.45, 7) is 1.84. The smallest absolute Gasteiger partial charge is 0.230 e. The van der Waals surface area contributed by atoms with Gasteiger partial charge in [0.15, 0.2) is 0 Å². The van der Waals surface area contributed by atoms with E-state index in [2.05, 4.69) is 35.5 Å². The molecule has 0 radical (unpaired) electrons. The van der Waals surface area contributed by atoms with Crippen molar-refractivity contribution < 1.29 is 0 Å². The summed E-state index contributed by atoms with van der Waals surface area (Å²) in [5.74, 6) is 1.86. The van der Waals surface area contributed by atoms with Gasteiger partial charge in [-0.1, -0.05) is 0 Å². The molecule has 2 N–H and O–H groups in total. The van der Waals surface area contributed by atoms with Gasteiger partial charge in [0.25, 0.3) is 0 Å². The predicted molar refractivity (Wildman–Crippen MR) is 68.9 cm³/mol. The van der Waals surface area contributed by atoms with Crippen LogP contribution in [0, 0.1) is 6.92 Å². The molecule has 0 saturated heterocycles. The standard InChI is InChI=1S/C9H14N8S/c1-5-11-9(16-15-5)18-8-13-6(10-2)12-7(14-8)17(3)4/h1-4H3,(H,11,15,16)(H,10,12,13,14). The largest absolute Gasteiger partial charge is 0.357 e. The number of aryl methyl sites for hydroxylation is 1. The molecule has 2 rings (SSSR count). The molecule has 2 heterocycles. The van der Waals surface area contributed by atoms with E-state index in [0.29, 0.717) is 22.2 Å². The van der Waals surface area contributed by atoms with Crippen LogP contribution in [0.25, 0.3) is 0 Å². The summed E-state index contributed by atoms with van der Waals surface area (Å²) in [5, 5.41) is 10.9. The molecule has 2 aromatic rings. The highest BCUT2D eigenvalue weighted by molar-refractivity contribution is 7.99. The maximum Gasteiger partial charge on any atom is 0.230 e. The second kappa shape index (κ2) is 5.17. The second-order valence-corrected chi connectivity index (χ2v) is 4.63. The number of rotatable bonds is 4. The van der Waals surface area contributed by atoms with Crippen molar-refractivity contribution in [3.05, 3.63) is 5.82 Å². The van der Waals surface area contributed by atoms with Gasteiger partial charge in [0.1, 0.15) is 5.82 Å². The van der Waals surface area contributed by atoms with Gasteiger partial charge in [-0.2, -0.15) is 15.0 Å². The van der Waals surface area contributed by atoms with E-state index in [1.165, 1.54) is 11.8 Å². The minimum atomic E-state index is 0.517. The number of aromatic nitrogens is 6. The third-order valence-electron chi connectivity index (χ3n) is 1.99. The maximum atomic E-state index is 4.32. The molecule has 0 atom stereocenters. The van der Waals surface area contributed by atoms with Crippen molar-refractivity contribution in [2.75, 3.05) is 31.4 Å². The third-order valence-corrected chi connectivity index (χ3v) is 2.72. The topological polar surface area (TPSA) is 95.5 Å². The first-order valence-corrected chi connectivity index (χ1v) is 6.08. The number of hydrogen-bond donors (Lipinski definition) is 2. The van der Waals surface area contributed by atoms with E-state index in [9.17, 15) is 0 Å². The van der Waals surface area contributed by atoms with Gasteiger partial charge < -0.3 is 10.2 Å².